The standard InChI is InChI=1S/C17H19N5.C2H6/c18-16-9-15(13-7-4-8-19-10-13)21-17-14(11-20-22(16)17)12-5-2-1-3-6-12;1-2/h1-3,5-6,9,11,13,19H,4,7-8,10,18H2;1-2H3. The van der Waals surface area contributed by atoms with Crippen LogP contribution < -0.4 is 11.1 Å². The normalized spacial score (nSPS) is 17.3. The fourth-order valence-electron chi connectivity index (χ4n) is 3.14. The smallest absolute Gasteiger partial charge is 0.165 e. The van der Waals surface area contributed by atoms with E-state index >= 15 is 0 Å². The Morgan fingerprint density at radius 1 is 1.21 bits per heavy atom. The molecule has 5 nitrogen and oxygen atoms in total. The first kappa shape index (κ1) is 16.5. The second-order valence-corrected chi connectivity index (χ2v) is 5.81. The molecule has 0 spiro atoms. The molecule has 1 fully saturated rings. The molecule has 24 heavy (non-hydrogen) atoms. The molecule has 0 bridgehead atoms. The zero-order chi connectivity index (χ0) is 16.9. The summed E-state index contributed by atoms with van der Waals surface area (Å²) in [6, 6.07) is 12.2. The highest BCUT2D eigenvalue weighted by molar-refractivity contribution is 5.78. The van der Waals surface area contributed by atoms with Gasteiger partial charge in [0.1, 0.15) is 5.82 Å². The van der Waals surface area contributed by atoms with Crippen molar-refractivity contribution in [3.05, 3.63) is 48.3 Å². The third-order valence-corrected chi connectivity index (χ3v) is 4.32. The predicted molar refractivity (Wildman–Crippen MR) is 99.0 cm³/mol. The van der Waals surface area contributed by atoms with Crippen LogP contribution in [-0.2, 0) is 0 Å². The maximum atomic E-state index is 6.20. The van der Waals surface area contributed by atoms with Crippen molar-refractivity contribution < 1.29 is 0 Å². The van der Waals surface area contributed by atoms with Gasteiger partial charge in [-0.05, 0) is 24.9 Å². The molecule has 4 rings (SSSR count). The first-order valence-electron chi connectivity index (χ1n) is 8.73. The van der Waals surface area contributed by atoms with Crippen molar-refractivity contribution in [3.63, 3.8) is 0 Å². The van der Waals surface area contributed by atoms with Crippen molar-refractivity contribution in [3.8, 4) is 11.1 Å². The summed E-state index contributed by atoms with van der Waals surface area (Å²) >= 11 is 0. The molecule has 1 aromatic carbocycles. The molecular formula is C19H25N5. The van der Waals surface area contributed by atoms with Crippen LogP contribution in [-0.4, -0.2) is 27.7 Å². The summed E-state index contributed by atoms with van der Waals surface area (Å²) in [7, 11) is 0. The van der Waals surface area contributed by atoms with Gasteiger partial charge in [-0.15, -0.1) is 0 Å². The monoisotopic (exact) mass is 323 g/mol. The molecule has 3 N–H and O–H groups in total. The summed E-state index contributed by atoms with van der Waals surface area (Å²) in [5.41, 5.74) is 10.2. The van der Waals surface area contributed by atoms with Crippen molar-refractivity contribution in [2.24, 2.45) is 0 Å². The highest BCUT2D eigenvalue weighted by Crippen LogP contribution is 2.28. The van der Waals surface area contributed by atoms with E-state index in [2.05, 4.69) is 22.5 Å². The number of benzene rings is 1. The molecule has 126 valence electrons. The van der Waals surface area contributed by atoms with Gasteiger partial charge in [-0.2, -0.15) is 9.61 Å². The van der Waals surface area contributed by atoms with E-state index in [4.69, 9.17) is 10.7 Å². The molecule has 1 atom stereocenters. The molecule has 3 heterocycles. The molecule has 0 saturated carbocycles. The lowest BCUT2D eigenvalue weighted by Gasteiger charge is -2.22. The lowest BCUT2D eigenvalue weighted by Crippen LogP contribution is -2.29. The van der Waals surface area contributed by atoms with Crippen molar-refractivity contribution in [2.45, 2.75) is 32.6 Å². The summed E-state index contributed by atoms with van der Waals surface area (Å²) in [6.45, 7) is 6.06. The third-order valence-electron chi connectivity index (χ3n) is 4.32. The van der Waals surface area contributed by atoms with E-state index in [1.807, 2.05) is 44.3 Å². The van der Waals surface area contributed by atoms with E-state index in [-0.39, 0.29) is 0 Å². The molecule has 1 saturated heterocycles. The number of rotatable bonds is 2. The van der Waals surface area contributed by atoms with E-state index in [1.165, 1.54) is 6.42 Å². The Morgan fingerprint density at radius 3 is 2.71 bits per heavy atom. The van der Waals surface area contributed by atoms with E-state index < -0.39 is 0 Å². The SMILES string of the molecule is CC.Nc1cc(C2CCCNC2)nc2c(-c3ccccc3)cnn12. The summed E-state index contributed by atoms with van der Waals surface area (Å²) in [5.74, 6) is 1.08. The zero-order valence-electron chi connectivity index (χ0n) is 14.4. The summed E-state index contributed by atoms with van der Waals surface area (Å²) < 4.78 is 1.72. The second-order valence-electron chi connectivity index (χ2n) is 5.81. The summed E-state index contributed by atoms with van der Waals surface area (Å²) in [5, 5.41) is 7.83. The van der Waals surface area contributed by atoms with E-state index in [9.17, 15) is 0 Å². The van der Waals surface area contributed by atoms with E-state index in [0.717, 1.165) is 42.0 Å². The van der Waals surface area contributed by atoms with Gasteiger partial charge in [0, 0.05) is 24.1 Å². The number of hydrogen-bond acceptors (Lipinski definition) is 4. The van der Waals surface area contributed by atoms with Gasteiger partial charge in [0.15, 0.2) is 5.65 Å². The minimum absolute atomic E-state index is 0.430. The number of nitrogens with two attached hydrogens (primary N) is 1. The Kier molecular flexibility index (Phi) is 5.11. The van der Waals surface area contributed by atoms with Gasteiger partial charge < -0.3 is 11.1 Å². The van der Waals surface area contributed by atoms with Crippen LogP contribution in [0.15, 0.2) is 42.6 Å². The van der Waals surface area contributed by atoms with Crippen LogP contribution in [0.2, 0.25) is 0 Å². The highest BCUT2D eigenvalue weighted by atomic mass is 15.3. The second kappa shape index (κ2) is 7.45. The number of aromatic nitrogens is 3. The number of nitrogen functional groups attached to an aromatic ring is 1. The van der Waals surface area contributed by atoms with Gasteiger partial charge in [0.05, 0.1) is 11.9 Å². The molecule has 0 aliphatic carbocycles. The number of nitrogens with one attached hydrogen (secondary N) is 1. The molecule has 0 amide bonds. The molecule has 2 aromatic heterocycles. The van der Waals surface area contributed by atoms with Gasteiger partial charge in [-0.25, -0.2) is 4.98 Å². The largest absolute Gasteiger partial charge is 0.384 e. The molecular weight excluding hydrogens is 298 g/mol. The van der Waals surface area contributed by atoms with Gasteiger partial charge in [0.2, 0.25) is 0 Å². The Bertz CT molecular complexity index is 788. The summed E-state index contributed by atoms with van der Waals surface area (Å²) in [6.07, 6.45) is 4.18. The van der Waals surface area contributed by atoms with Crippen LogP contribution in [0.25, 0.3) is 16.8 Å². The van der Waals surface area contributed by atoms with Gasteiger partial charge in [0.25, 0.3) is 0 Å². The van der Waals surface area contributed by atoms with Crippen molar-refractivity contribution in [1.82, 2.24) is 19.9 Å². The Balaban J connectivity index is 0.000000815. The van der Waals surface area contributed by atoms with Gasteiger partial charge in [-0.1, -0.05) is 44.2 Å². The van der Waals surface area contributed by atoms with Crippen LogP contribution in [0, 0.1) is 0 Å². The summed E-state index contributed by atoms with van der Waals surface area (Å²) in [4.78, 5) is 4.88. The maximum absolute atomic E-state index is 6.20. The van der Waals surface area contributed by atoms with Crippen LogP contribution >= 0.6 is 0 Å². The van der Waals surface area contributed by atoms with Crippen molar-refractivity contribution in [2.75, 3.05) is 18.8 Å². The Hall–Kier alpha value is -2.40. The molecule has 1 unspecified atom stereocenters. The number of piperidine rings is 1. The molecule has 1 aliphatic heterocycles. The molecule has 1 aliphatic rings. The van der Waals surface area contributed by atoms with E-state index in [1.54, 1.807) is 4.52 Å². The lowest BCUT2D eigenvalue weighted by molar-refractivity contribution is 0.455. The first-order valence-corrected chi connectivity index (χ1v) is 8.73. The molecule has 5 heteroatoms. The Labute approximate surface area is 142 Å². The number of hydrogen-bond donors (Lipinski definition) is 2. The average molecular weight is 323 g/mol. The molecule has 3 aromatic rings. The molecule has 0 radical (unpaired) electrons. The minimum atomic E-state index is 0.430. The van der Waals surface area contributed by atoms with Gasteiger partial charge in [-0.3, -0.25) is 0 Å². The van der Waals surface area contributed by atoms with Crippen molar-refractivity contribution in [1.29, 1.82) is 0 Å². The fourth-order valence-corrected chi connectivity index (χ4v) is 3.14. The van der Waals surface area contributed by atoms with Crippen LogP contribution in [0.4, 0.5) is 5.82 Å². The minimum Gasteiger partial charge on any atom is -0.384 e. The average Bonchev–Trinajstić information content (AvgIpc) is 3.09. The highest BCUT2D eigenvalue weighted by Gasteiger charge is 2.19. The number of anilines is 1. The van der Waals surface area contributed by atoms with E-state index in [0.29, 0.717) is 11.7 Å². The van der Waals surface area contributed by atoms with Crippen LogP contribution in [0.1, 0.15) is 38.3 Å². The number of fused-ring (bicyclic) bond motifs is 1. The first-order chi connectivity index (χ1) is 11.8. The number of nitrogens with zero attached hydrogens (tertiary/aromatic N) is 3. The Morgan fingerprint density at radius 2 is 2.00 bits per heavy atom. The topological polar surface area (TPSA) is 68.2 Å². The fraction of sp³-hybridized carbons (Fsp3) is 0.368. The predicted octanol–water partition coefficient (Wildman–Crippen LogP) is 3.47. The lowest BCUT2D eigenvalue weighted by atomic mass is 9.96. The van der Waals surface area contributed by atoms with Gasteiger partial charge >= 0.3 is 0 Å². The van der Waals surface area contributed by atoms with Crippen molar-refractivity contribution >= 4 is 11.5 Å². The van der Waals surface area contributed by atoms with Crippen LogP contribution in [0.3, 0.4) is 0 Å². The zero-order valence-corrected chi connectivity index (χ0v) is 14.4. The maximum Gasteiger partial charge on any atom is 0.165 e. The van der Waals surface area contributed by atoms with Crippen LogP contribution in [0.5, 0.6) is 0 Å². The quantitative estimate of drug-likeness (QED) is 0.758. The third kappa shape index (κ3) is 3.12.